The van der Waals surface area contributed by atoms with E-state index in [0.29, 0.717) is 6.61 Å². The van der Waals surface area contributed by atoms with E-state index in [1.54, 1.807) is 0 Å². The first kappa shape index (κ1) is 12.3. The summed E-state index contributed by atoms with van der Waals surface area (Å²) in [6.45, 7) is 12.1. The van der Waals surface area contributed by atoms with E-state index >= 15 is 0 Å². The zero-order valence-corrected chi connectivity index (χ0v) is 9.99. The average Bonchev–Trinajstić information content (AvgIpc) is 2.31. The molecule has 0 radical (unpaired) electrons. The molecule has 0 atom stereocenters. The maximum Gasteiger partial charge on any atom is 0.122 e. The zero-order valence-electron chi connectivity index (χ0n) is 9.99. The molecule has 1 rings (SSSR count). The van der Waals surface area contributed by atoms with Crippen LogP contribution >= 0.6 is 0 Å². The van der Waals surface area contributed by atoms with Gasteiger partial charge in [-0.1, -0.05) is 43.5 Å². The first-order chi connectivity index (χ1) is 7.69. The summed E-state index contributed by atoms with van der Waals surface area (Å²) in [5.41, 5.74) is 3.31. The highest BCUT2D eigenvalue weighted by Crippen LogP contribution is 2.18. The first-order valence-electron chi connectivity index (χ1n) is 5.32. The second kappa shape index (κ2) is 5.96. The van der Waals surface area contributed by atoms with Gasteiger partial charge < -0.3 is 4.74 Å². The van der Waals surface area contributed by atoms with Gasteiger partial charge in [-0.3, -0.25) is 0 Å². The maximum atomic E-state index is 5.74. The van der Waals surface area contributed by atoms with Crippen LogP contribution in [-0.4, -0.2) is 6.61 Å². The summed E-state index contributed by atoms with van der Waals surface area (Å²) in [5.74, 6) is 0.915. The average molecular weight is 214 g/mol. The summed E-state index contributed by atoms with van der Waals surface area (Å²) in [4.78, 5) is 0. The molecule has 1 aromatic rings. The minimum atomic E-state index is 0.534. The van der Waals surface area contributed by atoms with Crippen LogP contribution in [0.1, 0.15) is 12.5 Å². The van der Waals surface area contributed by atoms with Crippen LogP contribution in [0.2, 0.25) is 0 Å². The second-order valence-electron chi connectivity index (χ2n) is 3.67. The number of rotatable bonds is 5. The van der Waals surface area contributed by atoms with E-state index < -0.39 is 0 Å². The van der Waals surface area contributed by atoms with Gasteiger partial charge in [0.1, 0.15) is 12.4 Å². The van der Waals surface area contributed by atoms with E-state index in [1.807, 2.05) is 50.3 Å². The van der Waals surface area contributed by atoms with Crippen molar-refractivity contribution < 1.29 is 4.74 Å². The Balaban J connectivity index is 2.75. The van der Waals surface area contributed by atoms with Gasteiger partial charge in [-0.2, -0.15) is 0 Å². The molecule has 0 spiro atoms. The van der Waals surface area contributed by atoms with Gasteiger partial charge in [0.15, 0.2) is 0 Å². The zero-order chi connectivity index (χ0) is 12.0. The predicted molar refractivity (Wildman–Crippen MR) is 69.8 cm³/mol. The third-order valence-corrected chi connectivity index (χ3v) is 2.54. The Morgan fingerprint density at radius 1 is 1.25 bits per heavy atom. The van der Waals surface area contributed by atoms with Gasteiger partial charge in [0.2, 0.25) is 0 Å². The molecule has 0 aromatic heterocycles. The lowest BCUT2D eigenvalue weighted by Crippen LogP contribution is -2.02. The monoisotopic (exact) mass is 214 g/mol. The lowest BCUT2D eigenvalue weighted by molar-refractivity contribution is 0.352. The van der Waals surface area contributed by atoms with Crippen LogP contribution in [0.3, 0.4) is 0 Å². The van der Waals surface area contributed by atoms with E-state index in [-0.39, 0.29) is 0 Å². The van der Waals surface area contributed by atoms with Gasteiger partial charge >= 0.3 is 0 Å². The molecule has 0 aliphatic heterocycles. The minimum absolute atomic E-state index is 0.534. The number of ether oxygens (including phenoxy) is 1. The third-order valence-electron chi connectivity index (χ3n) is 2.54. The minimum Gasteiger partial charge on any atom is -0.489 e. The highest BCUT2D eigenvalue weighted by atomic mass is 16.5. The summed E-state index contributed by atoms with van der Waals surface area (Å²) >= 11 is 0. The van der Waals surface area contributed by atoms with Crippen LogP contribution in [0, 0.1) is 6.92 Å². The van der Waals surface area contributed by atoms with Crippen LogP contribution in [0.4, 0.5) is 0 Å². The van der Waals surface area contributed by atoms with Crippen molar-refractivity contribution in [1.82, 2.24) is 0 Å². The Labute approximate surface area is 97.8 Å². The molecule has 0 saturated heterocycles. The second-order valence-corrected chi connectivity index (χ2v) is 3.67. The summed E-state index contributed by atoms with van der Waals surface area (Å²) in [5, 5.41) is 0. The smallest absolute Gasteiger partial charge is 0.122 e. The lowest BCUT2D eigenvalue weighted by atomic mass is 10.1. The standard InChI is InChI=1S/C15H18O/c1-5-12(3)14(6-2)11-16-15-10-8-7-9-13(15)4/h5-10H,1-2,11H2,3-4H3/b14-12+. The highest BCUT2D eigenvalue weighted by molar-refractivity contribution is 5.34. The summed E-state index contributed by atoms with van der Waals surface area (Å²) < 4.78 is 5.74. The molecule has 84 valence electrons. The molecular weight excluding hydrogens is 196 g/mol. The normalized spacial score (nSPS) is 11.6. The molecule has 1 aromatic carbocycles. The van der Waals surface area contributed by atoms with Crippen molar-refractivity contribution in [3.63, 3.8) is 0 Å². The molecule has 0 bridgehead atoms. The van der Waals surface area contributed by atoms with Gasteiger partial charge in [-0.05, 0) is 36.6 Å². The Morgan fingerprint density at radius 3 is 2.50 bits per heavy atom. The number of allylic oxidation sites excluding steroid dienone is 2. The molecule has 0 N–H and O–H groups in total. The fourth-order valence-corrected chi connectivity index (χ4v) is 1.34. The topological polar surface area (TPSA) is 9.23 Å². The number of aryl methyl sites for hydroxylation is 1. The van der Waals surface area contributed by atoms with Crippen molar-refractivity contribution in [2.24, 2.45) is 0 Å². The van der Waals surface area contributed by atoms with Crippen molar-refractivity contribution in [2.45, 2.75) is 13.8 Å². The van der Waals surface area contributed by atoms with Crippen LogP contribution in [-0.2, 0) is 0 Å². The highest BCUT2D eigenvalue weighted by Gasteiger charge is 2.00. The van der Waals surface area contributed by atoms with Crippen molar-refractivity contribution in [3.8, 4) is 5.75 Å². The molecule has 1 nitrogen and oxygen atoms in total. The van der Waals surface area contributed by atoms with Crippen LogP contribution in [0.15, 0.2) is 60.7 Å². The molecule has 0 aliphatic rings. The summed E-state index contributed by atoms with van der Waals surface area (Å²) in [6.07, 6.45) is 3.63. The lowest BCUT2D eigenvalue weighted by Gasteiger charge is -2.10. The molecular formula is C15H18O. The molecule has 16 heavy (non-hydrogen) atoms. The molecule has 1 heteroatoms. The number of hydrogen-bond acceptors (Lipinski definition) is 1. The van der Waals surface area contributed by atoms with Crippen LogP contribution < -0.4 is 4.74 Å². The SMILES string of the molecule is C=C/C(C)=C(\C=C)COc1ccccc1C. The van der Waals surface area contributed by atoms with Crippen molar-refractivity contribution in [1.29, 1.82) is 0 Å². The number of para-hydroxylation sites is 1. The van der Waals surface area contributed by atoms with Crippen molar-refractivity contribution in [2.75, 3.05) is 6.61 Å². The Morgan fingerprint density at radius 2 is 1.94 bits per heavy atom. The molecule has 0 heterocycles. The largest absolute Gasteiger partial charge is 0.489 e. The van der Waals surface area contributed by atoms with E-state index in [2.05, 4.69) is 13.2 Å². The van der Waals surface area contributed by atoms with E-state index in [9.17, 15) is 0 Å². The fraction of sp³-hybridized carbons (Fsp3) is 0.200. The third kappa shape index (κ3) is 3.13. The fourth-order valence-electron chi connectivity index (χ4n) is 1.34. The van der Waals surface area contributed by atoms with Gasteiger partial charge in [0, 0.05) is 0 Å². The van der Waals surface area contributed by atoms with Crippen molar-refractivity contribution in [3.05, 3.63) is 66.3 Å². The van der Waals surface area contributed by atoms with Crippen molar-refractivity contribution >= 4 is 0 Å². The Kier molecular flexibility index (Phi) is 4.59. The van der Waals surface area contributed by atoms with Gasteiger partial charge in [-0.25, -0.2) is 0 Å². The quantitative estimate of drug-likeness (QED) is 0.671. The number of benzene rings is 1. The summed E-state index contributed by atoms with van der Waals surface area (Å²) in [6, 6.07) is 7.98. The predicted octanol–water partition coefficient (Wildman–Crippen LogP) is 4.06. The molecule has 0 saturated carbocycles. The maximum absolute atomic E-state index is 5.74. The molecule has 0 amide bonds. The van der Waals surface area contributed by atoms with E-state index in [1.165, 1.54) is 0 Å². The first-order valence-corrected chi connectivity index (χ1v) is 5.32. The van der Waals surface area contributed by atoms with Gasteiger partial charge in [0.25, 0.3) is 0 Å². The van der Waals surface area contributed by atoms with E-state index in [4.69, 9.17) is 4.74 Å². The Hall–Kier alpha value is -1.76. The van der Waals surface area contributed by atoms with Crippen LogP contribution in [0.5, 0.6) is 5.75 Å². The molecule has 0 unspecified atom stereocenters. The van der Waals surface area contributed by atoms with E-state index in [0.717, 1.165) is 22.5 Å². The molecule has 0 fully saturated rings. The summed E-state index contributed by atoms with van der Waals surface area (Å²) in [7, 11) is 0. The van der Waals surface area contributed by atoms with Gasteiger partial charge in [0.05, 0.1) is 0 Å². The number of hydrogen-bond donors (Lipinski definition) is 0. The molecule has 0 aliphatic carbocycles. The Bertz CT molecular complexity index is 413. The van der Waals surface area contributed by atoms with Gasteiger partial charge in [-0.15, -0.1) is 0 Å². The van der Waals surface area contributed by atoms with Crippen LogP contribution in [0.25, 0.3) is 0 Å².